The van der Waals surface area contributed by atoms with Crippen molar-refractivity contribution >= 4 is 5.91 Å². The van der Waals surface area contributed by atoms with Gasteiger partial charge in [0.05, 0.1) is 0 Å². The Balaban J connectivity index is 1.26. The van der Waals surface area contributed by atoms with Gasteiger partial charge in [-0.1, -0.05) is 30.3 Å². The van der Waals surface area contributed by atoms with E-state index < -0.39 is 0 Å². The lowest BCUT2D eigenvalue weighted by Crippen LogP contribution is -2.37. The number of carbonyl (C=O) groups is 1. The summed E-state index contributed by atoms with van der Waals surface area (Å²) in [7, 11) is 0. The summed E-state index contributed by atoms with van der Waals surface area (Å²) < 4.78 is 18.9. The highest BCUT2D eigenvalue weighted by molar-refractivity contribution is 5.76. The van der Waals surface area contributed by atoms with Crippen LogP contribution in [-0.4, -0.2) is 34.1 Å². The van der Waals surface area contributed by atoms with Crippen molar-refractivity contribution < 1.29 is 13.6 Å². The zero-order valence-electron chi connectivity index (χ0n) is 16.3. The third-order valence-corrected chi connectivity index (χ3v) is 5.43. The molecule has 0 aliphatic carbocycles. The minimum Gasteiger partial charge on any atom is -0.420 e. The molecule has 0 radical (unpaired) electrons. The number of hydrogen-bond acceptors (Lipinski definition) is 4. The molecular weight excluding hydrogens is 369 g/mol. The van der Waals surface area contributed by atoms with Crippen LogP contribution in [0.3, 0.4) is 0 Å². The van der Waals surface area contributed by atoms with Crippen LogP contribution in [0.15, 0.2) is 59.0 Å². The molecule has 5 nitrogen and oxygen atoms in total. The van der Waals surface area contributed by atoms with Gasteiger partial charge >= 0.3 is 0 Å². The number of piperidine rings is 1. The monoisotopic (exact) mass is 393 g/mol. The van der Waals surface area contributed by atoms with Gasteiger partial charge in [0.15, 0.2) is 0 Å². The van der Waals surface area contributed by atoms with E-state index in [0.717, 1.165) is 25.7 Å². The second kappa shape index (κ2) is 8.99. The van der Waals surface area contributed by atoms with E-state index in [4.69, 9.17) is 4.42 Å². The molecule has 0 N–H and O–H groups in total. The molecule has 0 atom stereocenters. The van der Waals surface area contributed by atoms with Crippen LogP contribution in [0.2, 0.25) is 0 Å². The second-order valence-electron chi connectivity index (χ2n) is 7.45. The van der Waals surface area contributed by atoms with Crippen LogP contribution >= 0.6 is 0 Å². The summed E-state index contributed by atoms with van der Waals surface area (Å²) >= 11 is 0. The summed E-state index contributed by atoms with van der Waals surface area (Å²) in [4.78, 5) is 14.4. The standard InChI is InChI=1S/C23H24FN3O2/c24-20-11-9-18(10-12-20)22-25-26-23(29-22)19-13-15-27(16-14-19)21(28)8-4-7-17-5-2-1-3-6-17/h1-3,5-6,9-12,19H,4,7-8,13-16H2. The van der Waals surface area contributed by atoms with Crippen molar-refractivity contribution in [3.8, 4) is 11.5 Å². The average molecular weight is 393 g/mol. The number of aromatic nitrogens is 2. The summed E-state index contributed by atoms with van der Waals surface area (Å²) in [6.07, 6.45) is 4.00. The molecule has 2 aromatic carbocycles. The highest BCUT2D eigenvalue weighted by Crippen LogP contribution is 2.29. The van der Waals surface area contributed by atoms with Crippen molar-refractivity contribution in [1.29, 1.82) is 0 Å². The molecule has 1 aliphatic heterocycles. The molecule has 0 spiro atoms. The number of nitrogens with zero attached hydrogens (tertiary/aromatic N) is 3. The molecule has 150 valence electrons. The van der Waals surface area contributed by atoms with E-state index in [1.54, 1.807) is 12.1 Å². The average Bonchev–Trinajstić information content (AvgIpc) is 3.25. The predicted octanol–water partition coefficient (Wildman–Crippen LogP) is 4.60. The first-order valence-electron chi connectivity index (χ1n) is 10.1. The highest BCUT2D eigenvalue weighted by Gasteiger charge is 2.27. The summed E-state index contributed by atoms with van der Waals surface area (Å²) in [5.74, 6) is 1.08. The normalized spacial score (nSPS) is 14.9. The molecule has 1 amide bonds. The number of rotatable bonds is 6. The van der Waals surface area contributed by atoms with Crippen LogP contribution in [0, 0.1) is 5.82 Å². The van der Waals surface area contributed by atoms with Gasteiger partial charge in [-0.25, -0.2) is 4.39 Å². The maximum absolute atomic E-state index is 13.1. The topological polar surface area (TPSA) is 59.2 Å². The molecule has 0 saturated carbocycles. The molecule has 1 saturated heterocycles. The van der Waals surface area contributed by atoms with Gasteiger partial charge in [-0.3, -0.25) is 4.79 Å². The molecule has 0 bridgehead atoms. The van der Waals surface area contributed by atoms with E-state index in [-0.39, 0.29) is 17.6 Å². The Labute approximate surface area is 169 Å². The largest absolute Gasteiger partial charge is 0.420 e. The van der Waals surface area contributed by atoms with Crippen LogP contribution in [0.4, 0.5) is 4.39 Å². The number of halogens is 1. The van der Waals surface area contributed by atoms with Crippen LogP contribution < -0.4 is 0 Å². The molecule has 2 heterocycles. The van der Waals surface area contributed by atoms with E-state index >= 15 is 0 Å². The number of carbonyl (C=O) groups excluding carboxylic acids is 1. The molecule has 29 heavy (non-hydrogen) atoms. The summed E-state index contributed by atoms with van der Waals surface area (Å²) in [6.45, 7) is 1.42. The number of amides is 1. The molecule has 1 fully saturated rings. The van der Waals surface area contributed by atoms with E-state index in [9.17, 15) is 9.18 Å². The number of hydrogen-bond donors (Lipinski definition) is 0. The van der Waals surface area contributed by atoms with Crippen molar-refractivity contribution in [2.45, 2.75) is 38.0 Å². The van der Waals surface area contributed by atoms with Crippen LogP contribution in [0.1, 0.15) is 43.1 Å². The lowest BCUT2D eigenvalue weighted by molar-refractivity contribution is -0.132. The van der Waals surface area contributed by atoms with Gasteiger partial charge in [-0.15, -0.1) is 10.2 Å². The maximum Gasteiger partial charge on any atom is 0.247 e. The second-order valence-corrected chi connectivity index (χ2v) is 7.45. The predicted molar refractivity (Wildman–Crippen MR) is 108 cm³/mol. The third-order valence-electron chi connectivity index (χ3n) is 5.43. The van der Waals surface area contributed by atoms with Gasteiger partial charge in [-0.2, -0.15) is 0 Å². The molecule has 4 rings (SSSR count). The minimum atomic E-state index is -0.297. The number of benzene rings is 2. The van der Waals surface area contributed by atoms with Crippen molar-refractivity contribution in [3.63, 3.8) is 0 Å². The smallest absolute Gasteiger partial charge is 0.247 e. The van der Waals surface area contributed by atoms with Crippen LogP contribution in [0.25, 0.3) is 11.5 Å². The Morgan fingerprint density at radius 1 is 1.03 bits per heavy atom. The molecular formula is C23H24FN3O2. The fourth-order valence-electron chi connectivity index (χ4n) is 3.73. The van der Waals surface area contributed by atoms with Crippen molar-refractivity contribution in [1.82, 2.24) is 15.1 Å². The van der Waals surface area contributed by atoms with E-state index in [1.807, 2.05) is 23.1 Å². The Kier molecular flexibility index (Phi) is 5.98. The Bertz CT molecular complexity index is 932. The molecule has 1 aliphatic rings. The van der Waals surface area contributed by atoms with Gasteiger partial charge in [0, 0.05) is 31.0 Å². The first kappa shape index (κ1) is 19.3. The lowest BCUT2D eigenvalue weighted by atomic mass is 9.96. The molecule has 0 unspecified atom stereocenters. The highest BCUT2D eigenvalue weighted by atomic mass is 19.1. The Morgan fingerprint density at radius 3 is 2.48 bits per heavy atom. The van der Waals surface area contributed by atoms with Crippen LogP contribution in [-0.2, 0) is 11.2 Å². The minimum absolute atomic E-state index is 0.157. The van der Waals surface area contributed by atoms with Crippen LogP contribution in [0.5, 0.6) is 0 Å². The SMILES string of the molecule is O=C(CCCc1ccccc1)N1CCC(c2nnc(-c3ccc(F)cc3)o2)CC1. The summed E-state index contributed by atoms with van der Waals surface area (Å²) in [5.41, 5.74) is 1.98. The third kappa shape index (κ3) is 4.88. The first-order valence-corrected chi connectivity index (χ1v) is 10.1. The van der Waals surface area contributed by atoms with E-state index in [2.05, 4.69) is 22.3 Å². The zero-order valence-corrected chi connectivity index (χ0v) is 16.3. The fraction of sp³-hybridized carbons (Fsp3) is 0.348. The van der Waals surface area contributed by atoms with Crippen molar-refractivity contribution in [3.05, 3.63) is 71.9 Å². The van der Waals surface area contributed by atoms with Gasteiger partial charge in [0.25, 0.3) is 0 Å². The number of aryl methyl sites for hydroxylation is 1. The van der Waals surface area contributed by atoms with Gasteiger partial charge in [-0.05, 0) is 55.5 Å². The van der Waals surface area contributed by atoms with Gasteiger partial charge in [0.1, 0.15) is 5.82 Å². The van der Waals surface area contributed by atoms with Gasteiger partial charge in [0.2, 0.25) is 17.7 Å². The van der Waals surface area contributed by atoms with E-state index in [1.165, 1.54) is 17.7 Å². The van der Waals surface area contributed by atoms with Crippen molar-refractivity contribution in [2.24, 2.45) is 0 Å². The quantitative estimate of drug-likeness (QED) is 0.614. The fourth-order valence-corrected chi connectivity index (χ4v) is 3.73. The molecule has 1 aromatic heterocycles. The Morgan fingerprint density at radius 2 is 1.76 bits per heavy atom. The molecule has 3 aromatic rings. The number of likely N-dealkylation sites (tertiary alicyclic amines) is 1. The summed E-state index contributed by atoms with van der Waals surface area (Å²) in [5, 5.41) is 8.27. The van der Waals surface area contributed by atoms with Crippen molar-refractivity contribution in [2.75, 3.05) is 13.1 Å². The van der Waals surface area contributed by atoms with Gasteiger partial charge < -0.3 is 9.32 Å². The Hall–Kier alpha value is -3.02. The lowest BCUT2D eigenvalue weighted by Gasteiger charge is -2.30. The van der Waals surface area contributed by atoms with E-state index in [0.29, 0.717) is 36.9 Å². The zero-order chi connectivity index (χ0) is 20.1. The summed E-state index contributed by atoms with van der Waals surface area (Å²) in [6, 6.07) is 16.3. The molecule has 6 heteroatoms. The maximum atomic E-state index is 13.1. The first-order chi connectivity index (χ1) is 14.2.